The molecule has 0 amide bonds. The van der Waals surface area contributed by atoms with Crippen LogP contribution in [0.5, 0.6) is 0 Å². The van der Waals surface area contributed by atoms with Gasteiger partial charge in [0, 0.05) is 19.3 Å². The van der Waals surface area contributed by atoms with Crippen molar-refractivity contribution in [2.75, 3.05) is 25.1 Å². The first-order valence-corrected chi connectivity index (χ1v) is 5.30. The normalized spacial score (nSPS) is 10.0. The average molecular weight is 223 g/mol. The number of aryl methyl sites for hydroxylation is 1. The van der Waals surface area contributed by atoms with Crippen LogP contribution in [0.15, 0.2) is 6.20 Å². The summed E-state index contributed by atoms with van der Waals surface area (Å²) < 4.78 is 4.64. The van der Waals surface area contributed by atoms with Gasteiger partial charge in [-0.3, -0.25) is 0 Å². The van der Waals surface area contributed by atoms with Crippen LogP contribution in [0, 0.1) is 6.92 Å². The van der Waals surface area contributed by atoms with Crippen molar-refractivity contribution in [3.05, 3.63) is 17.5 Å². The molecule has 0 saturated heterocycles. The molecule has 0 saturated carbocycles. The molecule has 0 bridgehead atoms. The summed E-state index contributed by atoms with van der Waals surface area (Å²) in [5.74, 6) is 0.249. The molecule has 0 aliphatic carbocycles. The molecule has 0 aliphatic heterocycles. The van der Waals surface area contributed by atoms with E-state index in [1.165, 1.54) is 13.3 Å². The summed E-state index contributed by atoms with van der Waals surface area (Å²) in [5.41, 5.74) is 1.06. The fourth-order valence-corrected chi connectivity index (χ4v) is 1.42. The molecule has 0 radical (unpaired) electrons. The van der Waals surface area contributed by atoms with Gasteiger partial charge in [0.05, 0.1) is 18.4 Å². The summed E-state index contributed by atoms with van der Waals surface area (Å²) in [6.45, 7) is 7.54. The quantitative estimate of drug-likeness (QED) is 0.722. The lowest BCUT2D eigenvalue weighted by Crippen LogP contribution is -2.25. The predicted molar refractivity (Wildman–Crippen MR) is 61.7 cm³/mol. The number of aromatic nitrogens is 2. The van der Waals surface area contributed by atoms with Crippen LogP contribution in [0.2, 0.25) is 0 Å². The number of nitrogens with zero attached hydrogens (tertiary/aromatic N) is 3. The third-order valence-electron chi connectivity index (χ3n) is 2.42. The Bertz CT molecular complexity index is 375. The largest absolute Gasteiger partial charge is 0.465 e. The van der Waals surface area contributed by atoms with Crippen molar-refractivity contribution < 1.29 is 9.53 Å². The fraction of sp³-hybridized carbons (Fsp3) is 0.545. The molecule has 0 aliphatic rings. The van der Waals surface area contributed by atoms with Gasteiger partial charge < -0.3 is 9.64 Å². The lowest BCUT2D eigenvalue weighted by atomic mass is 10.2. The predicted octanol–water partition coefficient (Wildman–Crippen LogP) is 1.42. The number of ether oxygens (including phenoxy) is 1. The summed E-state index contributed by atoms with van der Waals surface area (Å²) in [6.07, 6.45) is 1.52. The van der Waals surface area contributed by atoms with E-state index in [0.29, 0.717) is 17.2 Å². The van der Waals surface area contributed by atoms with E-state index in [9.17, 15) is 4.79 Å². The minimum atomic E-state index is -0.399. The molecule has 1 rings (SSSR count). The molecule has 1 heterocycles. The van der Waals surface area contributed by atoms with Gasteiger partial charge in [-0.15, -0.1) is 0 Å². The van der Waals surface area contributed by atoms with E-state index in [-0.39, 0.29) is 0 Å². The van der Waals surface area contributed by atoms with Crippen molar-refractivity contribution in [3.8, 4) is 0 Å². The topological polar surface area (TPSA) is 55.3 Å². The number of carbonyl (C=O) groups excluding carboxylic acids is 1. The molecule has 0 fully saturated rings. The van der Waals surface area contributed by atoms with Crippen LogP contribution in [0.25, 0.3) is 0 Å². The van der Waals surface area contributed by atoms with Crippen molar-refractivity contribution in [2.24, 2.45) is 0 Å². The van der Waals surface area contributed by atoms with E-state index in [4.69, 9.17) is 0 Å². The maximum atomic E-state index is 11.3. The van der Waals surface area contributed by atoms with Gasteiger partial charge in [0.2, 0.25) is 5.95 Å². The maximum absolute atomic E-state index is 11.3. The lowest BCUT2D eigenvalue weighted by Gasteiger charge is -2.18. The van der Waals surface area contributed by atoms with Crippen molar-refractivity contribution in [2.45, 2.75) is 20.8 Å². The van der Waals surface area contributed by atoms with Crippen LogP contribution in [0.3, 0.4) is 0 Å². The molecule has 88 valence electrons. The lowest BCUT2D eigenvalue weighted by molar-refractivity contribution is 0.0599. The number of methoxy groups -OCH3 is 1. The van der Waals surface area contributed by atoms with Crippen molar-refractivity contribution in [3.63, 3.8) is 0 Å². The summed E-state index contributed by atoms with van der Waals surface area (Å²) in [5, 5.41) is 0. The highest BCUT2D eigenvalue weighted by atomic mass is 16.5. The van der Waals surface area contributed by atoms with E-state index < -0.39 is 5.97 Å². The van der Waals surface area contributed by atoms with Gasteiger partial charge in [0.25, 0.3) is 0 Å². The zero-order valence-electron chi connectivity index (χ0n) is 10.1. The molecule has 0 atom stereocenters. The first-order chi connectivity index (χ1) is 7.63. The highest BCUT2D eigenvalue weighted by Gasteiger charge is 2.13. The molecule has 0 N–H and O–H groups in total. The Kier molecular flexibility index (Phi) is 4.22. The third kappa shape index (κ3) is 2.48. The van der Waals surface area contributed by atoms with Gasteiger partial charge in [-0.05, 0) is 20.8 Å². The third-order valence-corrected chi connectivity index (χ3v) is 2.42. The highest BCUT2D eigenvalue weighted by Crippen LogP contribution is 2.11. The van der Waals surface area contributed by atoms with E-state index in [2.05, 4.69) is 14.7 Å². The Morgan fingerprint density at radius 1 is 1.44 bits per heavy atom. The second-order valence-electron chi connectivity index (χ2n) is 3.33. The smallest absolute Gasteiger partial charge is 0.341 e. The summed E-state index contributed by atoms with van der Waals surface area (Å²) >= 11 is 0. The monoisotopic (exact) mass is 223 g/mol. The molecule has 0 spiro atoms. The Labute approximate surface area is 95.5 Å². The molecular formula is C11H17N3O2. The Morgan fingerprint density at radius 3 is 2.50 bits per heavy atom. The maximum Gasteiger partial charge on any atom is 0.341 e. The summed E-state index contributed by atoms with van der Waals surface area (Å²) in [7, 11) is 1.35. The molecule has 0 aromatic carbocycles. The van der Waals surface area contributed by atoms with Crippen LogP contribution < -0.4 is 4.90 Å². The van der Waals surface area contributed by atoms with Crippen LogP contribution in [-0.2, 0) is 4.74 Å². The molecule has 16 heavy (non-hydrogen) atoms. The Balaban J connectivity index is 3.03. The molecule has 0 unspecified atom stereocenters. The zero-order chi connectivity index (χ0) is 12.1. The van der Waals surface area contributed by atoms with Gasteiger partial charge in [-0.2, -0.15) is 0 Å². The Hall–Kier alpha value is -1.65. The number of hydrogen-bond acceptors (Lipinski definition) is 5. The summed E-state index contributed by atoms with van der Waals surface area (Å²) in [4.78, 5) is 21.8. The van der Waals surface area contributed by atoms with E-state index >= 15 is 0 Å². The van der Waals surface area contributed by atoms with Crippen LogP contribution in [0.4, 0.5) is 5.95 Å². The van der Waals surface area contributed by atoms with E-state index in [0.717, 1.165) is 13.1 Å². The van der Waals surface area contributed by atoms with Crippen molar-refractivity contribution >= 4 is 11.9 Å². The van der Waals surface area contributed by atoms with Crippen LogP contribution >= 0.6 is 0 Å². The highest BCUT2D eigenvalue weighted by molar-refractivity contribution is 5.90. The van der Waals surface area contributed by atoms with Gasteiger partial charge in [0.1, 0.15) is 0 Å². The standard InChI is InChI=1S/C11H17N3O2/c1-5-14(6-2)11-12-7-9(8(3)13-11)10(15)16-4/h7H,5-6H2,1-4H3. The molecule has 5 nitrogen and oxygen atoms in total. The van der Waals surface area contributed by atoms with Gasteiger partial charge >= 0.3 is 5.97 Å². The number of hydrogen-bond donors (Lipinski definition) is 0. The summed E-state index contributed by atoms with van der Waals surface area (Å²) in [6, 6.07) is 0. The van der Waals surface area contributed by atoms with Gasteiger partial charge in [0.15, 0.2) is 0 Å². The second kappa shape index (κ2) is 5.44. The van der Waals surface area contributed by atoms with E-state index in [1.54, 1.807) is 6.92 Å². The first kappa shape index (κ1) is 12.4. The number of carbonyl (C=O) groups is 1. The van der Waals surface area contributed by atoms with Crippen molar-refractivity contribution in [1.29, 1.82) is 0 Å². The van der Waals surface area contributed by atoms with Crippen LogP contribution in [-0.4, -0.2) is 36.1 Å². The minimum Gasteiger partial charge on any atom is -0.465 e. The van der Waals surface area contributed by atoms with Crippen LogP contribution in [0.1, 0.15) is 29.9 Å². The number of rotatable bonds is 4. The average Bonchev–Trinajstić information content (AvgIpc) is 2.30. The molecule has 5 heteroatoms. The van der Waals surface area contributed by atoms with Gasteiger partial charge in [-0.25, -0.2) is 14.8 Å². The second-order valence-corrected chi connectivity index (χ2v) is 3.33. The fourth-order valence-electron chi connectivity index (χ4n) is 1.42. The van der Waals surface area contributed by atoms with Crippen molar-refractivity contribution in [1.82, 2.24) is 9.97 Å². The SMILES string of the molecule is CCN(CC)c1ncc(C(=O)OC)c(C)n1. The molecule has 1 aromatic rings. The number of anilines is 1. The van der Waals surface area contributed by atoms with E-state index in [1.807, 2.05) is 18.7 Å². The molecule has 1 aromatic heterocycles. The van der Waals surface area contributed by atoms with Gasteiger partial charge in [-0.1, -0.05) is 0 Å². The molecular weight excluding hydrogens is 206 g/mol. The first-order valence-electron chi connectivity index (χ1n) is 5.30. The Morgan fingerprint density at radius 2 is 2.06 bits per heavy atom. The zero-order valence-corrected chi connectivity index (χ0v) is 10.1. The number of esters is 1. The minimum absolute atomic E-state index is 0.399.